The highest BCUT2D eigenvalue weighted by atomic mass is 32.2. The first kappa shape index (κ1) is 24.8. The van der Waals surface area contributed by atoms with Crippen molar-refractivity contribution < 1.29 is 17.9 Å². The number of piperazine rings is 1. The van der Waals surface area contributed by atoms with E-state index in [1.54, 1.807) is 31.0 Å². The number of rotatable bonds is 4. The van der Waals surface area contributed by atoms with Crippen LogP contribution in [0.1, 0.15) is 40.2 Å². The number of allylic oxidation sites excluding steroid dienone is 1. The fourth-order valence-corrected chi connectivity index (χ4v) is 5.34. The van der Waals surface area contributed by atoms with E-state index in [4.69, 9.17) is 4.74 Å². The van der Waals surface area contributed by atoms with Gasteiger partial charge in [0, 0.05) is 55.9 Å². The van der Waals surface area contributed by atoms with Gasteiger partial charge >= 0.3 is 6.09 Å². The molecule has 3 heterocycles. The molecule has 10 nitrogen and oxygen atoms in total. The Hall–Kier alpha value is -3.34. The minimum Gasteiger partial charge on any atom is -0.444 e. The number of sulfonamides is 1. The van der Waals surface area contributed by atoms with Gasteiger partial charge in [0.1, 0.15) is 5.60 Å². The van der Waals surface area contributed by atoms with Crippen LogP contribution in [0, 0.1) is 0 Å². The van der Waals surface area contributed by atoms with E-state index >= 15 is 0 Å². The van der Waals surface area contributed by atoms with Crippen molar-refractivity contribution in [2.24, 2.45) is 0 Å². The molecule has 1 saturated heterocycles. The van der Waals surface area contributed by atoms with Crippen molar-refractivity contribution in [2.45, 2.75) is 40.2 Å². The van der Waals surface area contributed by atoms with Gasteiger partial charge in [-0.1, -0.05) is 0 Å². The highest BCUT2D eigenvalue weighted by Crippen LogP contribution is 2.33. The summed E-state index contributed by atoms with van der Waals surface area (Å²) in [6.45, 7) is 11.9. The summed E-state index contributed by atoms with van der Waals surface area (Å²) in [6.07, 6.45) is 2.95. The van der Waals surface area contributed by atoms with E-state index in [-0.39, 0.29) is 17.5 Å². The molecule has 2 aliphatic heterocycles. The lowest BCUT2D eigenvalue weighted by Gasteiger charge is -2.36. The molecule has 2 aliphatic rings. The molecule has 1 N–H and O–H groups in total. The third kappa shape index (κ3) is 5.34. The van der Waals surface area contributed by atoms with Crippen LogP contribution in [-0.2, 0) is 14.8 Å². The third-order valence-corrected chi connectivity index (χ3v) is 7.74. The fourth-order valence-electron chi connectivity index (χ4n) is 4.00. The molecule has 0 saturated carbocycles. The zero-order valence-electron chi connectivity index (χ0n) is 20.8. The van der Waals surface area contributed by atoms with Gasteiger partial charge in [0.05, 0.1) is 4.91 Å². The van der Waals surface area contributed by atoms with E-state index in [1.807, 2.05) is 45.0 Å². The highest BCUT2D eigenvalue weighted by molar-refractivity contribution is 7.96. The van der Waals surface area contributed by atoms with Crippen LogP contribution in [0.3, 0.4) is 0 Å². The molecular formula is C24H32N6O4S. The van der Waals surface area contributed by atoms with Gasteiger partial charge in [0.15, 0.2) is 5.82 Å². The van der Waals surface area contributed by atoms with E-state index in [0.29, 0.717) is 43.5 Å². The van der Waals surface area contributed by atoms with E-state index in [2.05, 4.69) is 20.2 Å². The van der Waals surface area contributed by atoms with Crippen molar-refractivity contribution in [3.63, 3.8) is 0 Å². The highest BCUT2D eigenvalue weighted by Gasteiger charge is 2.31. The van der Waals surface area contributed by atoms with Crippen LogP contribution in [0.4, 0.5) is 27.9 Å². The van der Waals surface area contributed by atoms with Gasteiger partial charge < -0.3 is 19.9 Å². The number of ether oxygens (including phenoxy) is 1. The molecule has 0 atom stereocenters. The number of nitrogens with zero attached hydrogens (tertiary/aromatic N) is 5. The lowest BCUT2D eigenvalue weighted by molar-refractivity contribution is 0.0240. The smallest absolute Gasteiger partial charge is 0.410 e. The molecule has 0 radical (unpaired) electrons. The molecule has 1 aromatic heterocycles. The maximum Gasteiger partial charge on any atom is 0.410 e. The zero-order valence-corrected chi connectivity index (χ0v) is 21.6. The first-order valence-electron chi connectivity index (χ1n) is 11.7. The zero-order chi connectivity index (χ0) is 25.4. The van der Waals surface area contributed by atoms with Gasteiger partial charge in [-0.15, -0.1) is 0 Å². The number of aromatic nitrogens is 2. The number of hydrogen-bond acceptors (Lipinski definition) is 8. The van der Waals surface area contributed by atoms with Gasteiger partial charge in [-0.3, -0.25) is 0 Å². The molecule has 11 heteroatoms. The summed E-state index contributed by atoms with van der Waals surface area (Å²) in [4.78, 5) is 25.3. The number of nitrogens with one attached hydrogen (secondary N) is 1. The van der Waals surface area contributed by atoms with E-state index in [1.165, 1.54) is 4.31 Å². The lowest BCUT2D eigenvalue weighted by atomic mass is 10.2. The number of anilines is 4. The molecule has 1 fully saturated rings. The van der Waals surface area contributed by atoms with Gasteiger partial charge in [0.2, 0.25) is 5.95 Å². The van der Waals surface area contributed by atoms with Crippen molar-refractivity contribution in [1.29, 1.82) is 0 Å². The Labute approximate surface area is 206 Å². The Morgan fingerprint density at radius 3 is 2.37 bits per heavy atom. The molecule has 1 amide bonds. The van der Waals surface area contributed by atoms with Gasteiger partial charge in [-0.05, 0) is 65.0 Å². The minimum absolute atomic E-state index is 0.276. The minimum atomic E-state index is -3.55. The number of carbonyl (C=O) groups is 1. The number of amides is 1. The molecule has 0 aliphatic carbocycles. The van der Waals surface area contributed by atoms with Gasteiger partial charge in [0.25, 0.3) is 10.0 Å². The van der Waals surface area contributed by atoms with Crippen LogP contribution in [0.25, 0.3) is 6.08 Å². The van der Waals surface area contributed by atoms with Crippen LogP contribution in [-0.4, -0.2) is 67.7 Å². The Kier molecular flexibility index (Phi) is 6.63. The Morgan fingerprint density at radius 1 is 1.11 bits per heavy atom. The number of benzene rings is 1. The third-order valence-electron chi connectivity index (χ3n) is 5.80. The summed E-state index contributed by atoms with van der Waals surface area (Å²) in [6, 6.07) is 7.85. The molecule has 1 aromatic carbocycles. The average Bonchev–Trinajstić information content (AvgIpc) is 2.80. The molecular weight excluding hydrogens is 468 g/mol. The Balaban J connectivity index is 1.41. The van der Waals surface area contributed by atoms with Crippen molar-refractivity contribution in [2.75, 3.05) is 47.2 Å². The fraction of sp³-hybridized carbons (Fsp3) is 0.458. The second-order valence-electron chi connectivity index (χ2n) is 9.52. The van der Waals surface area contributed by atoms with Crippen LogP contribution < -0.4 is 14.5 Å². The summed E-state index contributed by atoms with van der Waals surface area (Å²) < 4.78 is 32.0. The van der Waals surface area contributed by atoms with Crippen molar-refractivity contribution in [3.05, 3.63) is 40.9 Å². The second kappa shape index (κ2) is 9.37. The molecule has 188 valence electrons. The number of hydrogen-bond donors (Lipinski definition) is 1. The largest absolute Gasteiger partial charge is 0.444 e. The molecule has 2 aromatic rings. The topological polar surface area (TPSA) is 108 Å². The van der Waals surface area contributed by atoms with E-state index < -0.39 is 15.6 Å². The van der Waals surface area contributed by atoms with Crippen molar-refractivity contribution in [1.82, 2.24) is 14.9 Å². The van der Waals surface area contributed by atoms with Crippen LogP contribution in [0.5, 0.6) is 0 Å². The molecule has 4 rings (SSSR count). The van der Waals surface area contributed by atoms with Gasteiger partial charge in [-0.25, -0.2) is 22.5 Å². The Morgan fingerprint density at radius 2 is 1.77 bits per heavy atom. The SMILES string of the molecule is CCN1c2nc(Nc3ccc(N4CCN(C(=O)OC(C)(C)C)CC4)cc3)ncc2C=C(C)S1(=O)=O. The number of fused-ring (bicyclic) bond motifs is 1. The first-order valence-corrected chi connectivity index (χ1v) is 13.1. The van der Waals surface area contributed by atoms with Crippen LogP contribution >= 0.6 is 0 Å². The quantitative estimate of drug-likeness (QED) is 0.675. The van der Waals surface area contributed by atoms with Crippen molar-refractivity contribution >= 4 is 45.3 Å². The maximum atomic E-state index is 12.6. The lowest BCUT2D eigenvalue weighted by Crippen LogP contribution is -2.50. The van der Waals surface area contributed by atoms with Crippen LogP contribution in [0.2, 0.25) is 0 Å². The maximum absolute atomic E-state index is 12.6. The molecule has 35 heavy (non-hydrogen) atoms. The normalized spacial score (nSPS) is 17.5. The first-order chi connectivity index (χ1) is 16.5. The summed E-state index contributed by atoms with van der Waals surface area (Å²) in [5, 5.41) is 3.16. The molecule has 0 bridgehead atoms. The predicted octanol–water partition coefficient (Wildman–Crippen LogP) is 3.81. The molecule has 0 unspecified atom stereocenters. The van der Waals surface area contributed by atoms with Gasteiger partial charge in [-0.2, -0.15) is 4.98 Å². The Bertz CT molecular complexity index is 1230. The summed E-state index contributed by atoms with van der Waals surface area (Å²) in [5.41, 5.74) is 2.01. The summed E-state index contributed by atoms with van der Waals surface area (Å²) in [7, 11) is -3.55. The standard InChI is InChI=1S/C24H32N6O4S/c1-6-30-21-18(15-17(2)35(30,32)33)16-25-22(27-21)26-19-7-9-20(10-8-19)28-11-13-29(14-12-28)23(31)34-24(3,4)5/h7-10,15-16H,6,11-14H2,1-5H3,(H,25,26,27). The summed E-state index contributed by atoms with van der Waals surface area (Å²) >= 11 is 0. The summed E-state index contributed by atoms with van der Waals surface area (Å²) in [5.74, 6) is 0.694. The van der Waals surface area contributed by atoms with Crippen LogP contribution in [0.15, 0.2) is 35.4 Å². The van der Waals surface area contributed by atoms with E-state index in [9.17, 15) is 13.2 Å². The monoisotopic (exact) mass is 500 g/mol. The molecule has 0 spiro atoms. The second-order valence-corrected chi connectivity index (χ2v) is 11.6. The number of carbonyl (C=O) groups excluding carboxylic acids is 1. The predicted molar refractivity (Wildman–Crippen MR) is 137 cm³/mol. The van der Waals surface area contributed by atoms with Crippen molar-refractivity contribution in [3.8, 4) is 0 Å². The van der Waals surface area contributed by atoms with E-state index in [0.717, 1.165) is 11.4 Å². The average molecular weight is 501 g/mol.